The van der Waals surface area contributed by atoms with Crippen molar-refractivity contribution in [3.8, 4) is 11.5 Å². The summed E-state index contributed by atoms with van der Waals surface area (Å²) in [6, 6.07) is 5.46. The molecule has 1 N–H and O–H groups in total. The molecule has 0 bridgehead atoms. The van der Waals surface area contributed by atoms with Crippen molar-refractivity contribution in [2.45, 2.75) is 26.0 Å². The summed E-state index contributed by atoms with van der Waals surface area (Å²) in [4.78, 5) is 2.32. The van der Waals surface area contributed by atoms with Gasteiger partial charge in [0, 0.05) is 37.9 Å². The number of rotatable bonds is 3. The minimum atomic E-state index is 0.257. The zero-order chi connectivity index (χ0) is 13.0. The molecule has 0 aliphatic carbocycles. The van der Waals surface area contributed by atoms with E-state index in [2.05, 4.69) is 11.8 Å². The highest BCUT2D eigenvalue weighted by atomic mass is 16.5. The van der Waals surface area contributed by atoms with Crippen molar-refractivity contribution in [3.63, 3.8) is 0 Å². The smallest absolute Gasteiger partial charge is 0.123 e. The van der Waals surface area contributed by atoms with Crippen molar-refractivity contribution in [2.24, 2.45) is 0 Å². The van der Waals surface area contributed by atoms with E-state index < -0.39 is 0 Å². The van der Waals surface area contributed by atoms with Crippen LogP contribution in [0.2, 0.25) is 0 Å². The third kappa shape index (κ3) is 3.37. The fourth-order valence-electron chi connectivity index (χ4n) is 2.27. The van der Waals surface area contributed by atoms with E-state index >= 15 is 0 Å². The van der Waals surface area contributed by atoms with Gasteiger partial charge in [0.15, 0.2) is 0 Å². The standard InChI is InChI=1S/C14H21NO3/c1-11-9-15(6-3-7-18-11)10-12-4-5-13(17-2)8-14(12)16/h4-5,8,11,16H,3,6-7,9-10H2,1-2H3. The van der Waals surface area contributed by atoms with Gasteiger partial charge in [-0.25, -0.2) is 0 Å². The van der Waals surface area contributed by atoms with E-state index in [9.17, 15) is 5.11 Å². The van der Waals surface area contributed by atoms with Crippen LogP contribution in [0.3, 0.4) is 0 Å². The SMILES string of the molecule is COc1ccc(CN2CCCOC(C)C2)c(O)c1. The van der Waals surface area contributed by atoms with Gasteiger partial charge in [-0.15, -0.1) is 0 Å². The number of methoxy groups -OCH3 is 1. The number of hydrogen-bond acceptors (Lipinski definition) is 4. The van der Waals surface area contributed by atoms with Crippen LogP contribution < -0.4 is 4.74 Å². The van der Waals surface area contributed by atoms with Crippen LogP contribution in [0.1, 0.15) is 18.9 Å². The van der Waals surface area contributed by atoms with Crippen molar-refractivity contribution < 1.29 is 14.6 Å². The highest BCUT2D eigenvalue weighted by Gasteiger charge is 2.16. The van der Waals surface area contributed by atoms with E-state index in [4.69, 9.17) is 9.47 Å². The van der Waals surface area contributed by atoms with Gasteiger partial charge in [-0.05, 0) is 19.4 Å². The van der Waals surface area contributed by atoms with Crippen LogP contribution in [-0.4, -0.2) is 42.9 Å². The van der Waals surface area contributed by atoms with Crippen LogP contribution in [-0.2, 0) is 11.3 Å². The number of ether oxygens (including phenoxy) is 2. The predicted molar refractivity (Wildman–Crippen MR) is 70.0 cm³/mol. The van der Waals surface area contributed by atoms with Gasteiger partial charge >= 0.3 is 0 Å². The molecule has 1 aromatic rings. The minimum Gasteiger partial charge on any atom is -0.507 e. The lowest BCUT2D eigenvalue weighted by Gasteiger charge is -2.22. The molecule has 0 aromatic heterocycles. The van der Waals surface area contributed by atoms with Gasteiger partial charge in [0.2, 0.25) is 0 Å². The maximum absolute atomic E-state index is 9.95. The van der Waals surface area contributed by atoms with E-state index in [1.165, 1.54) is 0 Å². The first-order valence-electron chi connectivity index (χ1n) is 6.39. The lowest BCUT2D eigenvalue weighted by atomic mass is 10.1. The van der Waals surface area contributed by atoms with Crippen molar-refractivity contribution in [3.05, 3.63) is 23.8 Å². The third-order valence-corrected chi connectivity index (χ3v) is 3.22. The molecule has 1 aliphatic heterocycles. The molecular weight excluding hydrogens is 230 g/mol. The van der Waals surface area contributed by atoms with Crippen molar-refractivity contribution >= 4 is 0 Å². The number of benzene rings is 1. The molecule has 0 spiro atoms. The zero-order valence-electron chi connectivity index (χ0n) is 11.1. The molecule has 1 heterocycles. The van der Waals surface area contributed by atoms with Crippen LogP contribution in [0.5, 0.6) is 11.5 Å². The molecule has 1 aromatic carbocycles. The van der Waals surface area contributed by atoms with Gasteiger partial charge in [0.05, 0.1) is 13.2 Å². The Labute approximate surface area is 108 Å². The molecule has 100 valence electrons. The first-order valence-corrected chi connectivity index (χ1v) is 6.39. The number of phenolic OH excluding ortho intramolecular Hbond substituents is 1. The molecular formula is C14H21NO3. The molecule has 1 aliphatic rings. The van der Waals surface area contributed by atoms with E-state index in [0.29, 0.717) is 11.5 Å². The Balaban J connectivity index is 2.03. The molecule has 0 amide bonds. The maximum Gasteiger partial charge on any atom is 0.123 e. The average Bonchev–Trinajstić information content (AvgIpc) is 2.56. The molecule has 4 nitrogen and oxygen atoms in total. The summed E-state index contributed by atoms with van der Waals surface area (Å²) < 4.78 is 10.7. The Morgan fingerprint density at radius 2 is 2.33 bits per heavy atom. The normalized spacial score (nSPS) is 21.6. The maximum atomic E-state index is 9.95. The zero-order valence-corrected chi connectivity index (χ0v) is 11.1. The molecule has 1 fully saturated rings. The van der Waals surface area contributed by atoms with E-state index in [-0.39, 0.29) is 6.10 Å². The van der Waals surface area contributed by atoms with Crippen molar-refractivity contribution in [1.82, 2.24) is 4.90 Å². The Hall–Kier alpha value is -1.26. The molecule has 1 saturated heterocycles. The van der Waals surface area contributed by atoms with Gasteiger partial charge in [-0.3, -0.25) is 4.90 Å². The number of nitrogens with zero attached hydrogens (tertiary/aromatic N) is 1. The van der Waals surface area contributed by atoms with Gasteiger partial charge in [0.25, 0.3) is 0 Å². The molecule has 4 heteroatoms. The fraction of sp³-hybridized carbons (Fsp3) is 0.571. The topological polar surface area (TPSA) is 41.9 Å². The van der Waals surface area contributed by atoms with Crippen LogP contribution in [0, 0.1) is 0 Å². The van der Waals surface area contributed by atoms with Gasteiger partial charge in [0.1, 0.15) is 11.5 Å². The molecule has 18 heavy (non-hydrogen) atoms. The summed E-state index contributed by atoms with van der Waals surface area (Å²) in [5.74, 6) is 0.982. The lowest BCUT2D eigenvalue weighted by Crippen LogP contribution is -2.29. The summed E-state index contributed by atoms with van der Waals surface area (Å²) in [6.45, 7) is 5.59. The van der Waals surface area contributed by atoms with E-state index in [0.717, 1.165) is 38.2 Å². The van der Waals surface area contributed by atoms with E-state index in [1.807, 2.05) is 12.1 Å². The Kier molecular flexibility index (Phi) is 4.44. The Morgan fingerprint density at radius 3 is 3.06 bits per heavy atom. The van der Waals surface area contributed by atoms with Gasteiger partial charge in [-0.1, -0.05) is 6.07 Å². The number of aromatic hydroxyl groups is 1. The quantitative estimate of drug-likeness (QED) is 0.892. The van der Waals surface area contributed by atoms with Crippen LogP contribution in [0.25, 0.3) is 0 Å². The van der Waals surface area contributed by atoms with Crippen LogP contribution in [0.4, 0.5) is 0 Å². The number of hydrogen-bond donors (Lipinski definition) is 1. The fourth-order valence-corrected chi connectivity index (χ4v) is 2.27. The highest BCUT2D eigenvalue weighted by Crippen LogP contribution is 2.25. The van der Waals surface area contributed by atoms with Gasteiger partial charge in [-0.2, -0.15) is 0 Å². The summed E-state index contributed by atoms with van der Waals surface area (Å²) in [6.07, 6.45) is 1.30. The molecule has 0 radical (unpaired) electrons. The second-order valence-electron chi connectivity index (χ2n) is 4.76. The van der Waals surface area contributed by atoms with E-state index in [1.54, 1.807) is 13.2 Å². The molecule has 1 unspecified atom stereocenters. The second kappa shape index (κ2) is 6.07. The highest BCUT2D eigenvalue weighted by molar-refractivity contribution is 5.39. The third-order valence-electron chi connectivity index (χ3n) is 3.22. The monoisotopic (exact) mass is 251 g/mol. The predicted octanol–water partition coefficient (Wildman–Crippen LogP) is 2.01. The number of phenols is 1. The first kappa shape index (κ1) is 13.2. The van der Waals surface area contributed by atoms with Gasteiger partial charge < -0.3 is 14.6 Å². The second-order valence-corrected chi connectivity index (χ2v) is 4.76. The van der Waals surface area contributed by atoms with Crippen LogP contribution >= 0.6 is 0 Å². The van der Waals surface area contributed by atoms with Crippen molar-refractivity contribution in [2.75, 3.05) is 26.8 Å². The summed E-state index contributed by atoms with van der Waals surface area (Å²) in [5, 5.41) is 9.95. The molecule has 0 saturated carbocycles. The first-order chi connectivity index (χ1) is 8.69. The largest absolute Gasteiger partial charge is 0.507 e. The average molecular weight is 251 g/mol. The Morgan fingerprint density at radius 1 is 1.50 bits per heavy atom. The molecule has 2 rings (SSSR count). The molecule has 1 atom stereocenters. The minimum absolute atomic E-state index is 0.257. The Bertz CT molecular complexity index is 395. The summed E-state index contributed by atoms with van der Waals surface area (Å²) in [7, 11) is 1.60. The lowest BCUT2D eigenvalue weighted by molar-refractivity contribution is 0.0667. The van der Waals surface area contributed by atoms with Crippen LogP contribution in [0.15, 0.2) is 18.2 Å². The summed E-state index contributed by atoms with van der Waals surface area (Å²) in [5.41, 5.74) is 0.935. The summed E-state index contributed by atoms with van der Waals surface area (Å²) >= 11 is 0. The van der Waals surface area contributed by atoms with Crippen molar-refractivity contribution in [1.29, 1.82) is 0 Å².